The highest BCUT2D eigenvalue weighted by atomic mass is 32.1. The van der Waals surface area contributed by atoms with Crippen molar-refractivity contribution in [2.45, 2.75) is 25.8 Å². The molecule has 3 rings (SSSR count). The molecule has 6 heteroatoms. The second kappa shape index (κ2) is 5.07. The fourth-order valence-corrected chi connectivity index (χ4v) is 2.69. The first-order valence-electron chi connectivity index (χ1n) is 6.20. The number of pyridine rings is 1. The third-order valence-electron chi connectivity index (χ3n) is 2.92. The number of fused-ring (bicyclic) bond motifs is 1. The molecule has 98 valence electrons. The average molecular weight is 274 g/mol. The lowest BCUT2D eigenvalue weighted by Gasteiger charge is -2.02. The molecule has 5 nitrogen and oxygen atoms in total. The number of rotatable bonds is 4. The Hall–Kier alpha value is -1.79. The van der Waals surface area contributed by atoms with E-state index in [0.29, 0.717) is 11.7 Å². The third-order valence-corrected chi connectivity index (χ3v) is 3.77. The zero-order valence-electron chi connectivity index (χ0n) is 10.5. The van der Waals surface area contributed by atoms with Gasteiger partial charge in [-0.25, -0.2) is 0 Å². The van der Waals surface area contributed by atoms with Gasteiger partial charge in [-0.3, -0.25) is 4.98 Å². The monoisotopic (exact) mass is 274 g/mol. The normalized spacial score (nSPS) is 12.9. The van der Waals surface area contributed by atoms with E-state index in [1.807, 2.05) is 17.5 Å². The van der Waals surface area contributed by atoms with Gasteiger partial charge < -0.3 is 10.3 Å². The lowest BCUT2D eigenvalue weighted by Crippen LogP contribution is -2.09. The summed E-state index contributed by atoms with van der Waals surface area (Å²) in [6, 6.07) is 3.82. The number of thiophene rings is 1. The minimum absolute atomic E-state index is 0.190. The van der Waals surface area contributed by atoms with E-state index in [0.717, 1.165) is 28.6 Å². The van der Waals surface area contributed by atoms with Crippen molar-refractivity contribution in [1.82, 2.24) is 15.1 Å². The van der Waals surface area contributed by atoms with Crippen molar-refractivity contribution in [3.8, 4) is 11.4 Å². The van der Waals surface area contributed by atoms with Gasteiger partial charge in [-0.15, -0.1) is 11.3 Å². The molecule has 0 amide bonds. The Morgan fingerprint density at radius 1 is 1.47 bits per heavy atom. The molecule has 0 aliphatic heterocycles. The smallest absolute Gasteiger partial charge is 0.243 e. The molecule has 3 heterocycles. The Bertz CT molecular complexity index is 691. The number of hydrogen-bond donors (Lipinski definition) is 1. The Labute approximate surface area is 114 Å². The van der Waals surface area contributed by atoms with Gasteiger partial charge in [0.25, 0.3) is 0 Å². The Balaban J connectivity index is 1.93. The summed E-state index contributed by atoms with van der Waals surface area (Å²) in [5, 5.41) is 5.99. The zero-order chi connectivity index (χ0) is 13.2. The molecule has 0 aliphatic carbocycles. The molecule has 1 unspecified atom stereocenters. The number of aromatic nitrogens is 3. The number of hydrogen-bond acceptors (Lipinski definition) is 6. The average Bonchev–Trinajstić information content (AvgIpc) is 3.07. The van der Waals surface area contributed by atoms with Crippen molar-refractivity contribution >= 4 is 21.6 Å². The molecule has 0 spiro atoms. The summed E-state index contributed by atoms with van der Waals surface area (Å²) in [5.41, 5.74) is 7.80. The van der Waals surface area contributed by atoms with Crippen LogP contribution in [0.3, 0.4) is 0 Å². The van der Waals surface area contributed by atoms with E-state index in [4.69, 9.17) is 10.3 Å². The minimum Gasteiger partial charge on any atom is -0.337 e. The van der Waals surface area contributed by atoms with Gasteiger partial charge in [-0.2, -0.15) is 4.98 Å². The van der Waals surface area contributed by atoms with Crippen LogP contribution >= 0.6 is 11.3 Å². The molecule has 0 radical (unpaired) electrons. The first-order valence-corrected chi connectivity index (χ1v) is 7.08. The van der Waals surface area contributed by atoms with Gasteiger partial charge in [0.2, 0.25) is 11.7 Å². The summed E-state index contributed by atoms with van der Waals surface area (Å²) in [5.74, 6) is 1.03. The van der Waals surface area contributed by atoms with E-state index < -0.39 is 0 Å². The van der Waals surface area contributed by atoms with Crippen LogP contribution in [0.2, 0.25) is 0 Å². The van der Waals surface area contributed by atoms with Gasteiger partial charge in [-0.1, -0.05) is 18.5 Å². The zero-order valence-corrected chi connectivity index (χ0v) is 11.4. The summed E-state index contributed by atoms with van der Waals surface area (Å²) in [6.07, 6.45) is 3.58. The second-order valence-corrected chi connectivity index (χ2v) is 5.33. The summed E-state index contributed by atoms with van der Waals surface area (Å²) in [6.45, 7) is 2.08. The van der Waals surface area contributed by atoms with Gasteiger partial charge in [0.05, 0.1) is 16.3 Å². The van der Waals surface area contributed by atoms with E-state index >= 15 is 0 Å². The highest BCUT2D eigenvalue weighted by molar-refractivity contribution is 7.17. The van der Waals surface area contributed by atoms with Crippen molar-refractivity contribution in [2.75, 3.05) is 0 Å². The van der Waals surface area contributed by atoms with E-state index in [1.165, 1.54) is 0 Å². The second-order valence-electron chi connectivity index (χ2n) is 4.38. The fourth-order valence-electron chi connectivity index (χ4n) is 1.91. The molecule has 19 heavy (non-hydrogen) atoms. The van der Waals surface area contributed by atoms with E-state index in [1.54, 1.807) is 17.5 Å². The lowest BCUT2D eigenvalue weighted by molar-refractivity contribution is 0.348. The minimum atomic E-state index is -0.190. The van der Waals surface area contributed by atoms with Crippen LogP contribution in [0.5, 0.6) is 0 Å². The largest absolute Gasteiger partial charge is 0.337 e. The van der Waals surface area contributed by atoms with Crippen molar-refractivity contribution in [3.63, 3.8) is 0 Å². The summed E-state index contributed by atoms with van der Waals surface area (Å²) >= 11 is 1.64. The molecule has 2 N–H and O–H groups in total. The third kappa shape index (κ3) is 2.36. The predicted octanol–water partition coefficient (Wildman–Crippen LogP) is 3.15. The molecule has 1 atom stereocenters. The summed E-state index contributed by atoms with van der Waals surface area (Å²) in [4.78, 5) is 8.72. The fraction of sp³-hybridized carbons (Fsp3) is 0.308. The Morgan fingerprint density at radius 3 is 3.21 bits per heavy atom. The van der Waals surface area contributed by atoms with Gasteiger partial charge in [0, 0.05) is 11.8 Å². The first-order chi connectivity index (χ1) is 9.28. The van der Waals surface area contributed by atoms with Gasteiger partial charge in [0.1, 0.15) is 0 Å². The van der Waals surface area contributed by atoms with Crippen LogP contribution in [0, 0.1) is 0 Å². The lowest BCUT2D eigenvalue weighted by atomic mass is 10.2. The van der Waals surface area contributed by atoms with E-state index in [9.17, 15) is 0 Å². The molecule has 0 aromatic carbocycles. The van der Waals surface area contributed by atoms with Crippen molar-refractivity contribution in [2.24, 2.45) is 5.73 Å². The van der Waals surface area contributed by atoms with Gasteiger partial charge in [0.15, 0.2) is 0 Å². The molecule has 0 saturated heterocycles. The predicted molar refractivity (Wildman–Crippen MR) is 74.7 cm³/mol. The Morgan fingerprint density at radius 2 is 2.37 bits per heavy atom. The number of nitrogens with zero attached hydrogens (tertiary/aromatic N) is 3. The quantitative estimate of drug-likeness (QED) is 0.790. The summed E-state index contributed by atoms with van der Waals surface area (Å²) in [7, 11) is 0. The van der Waals surface area contributed by atoms with Crippen LogP contribution in [0.4, 0.5) is 0 Å². The summed E-state index contributed by atoms with van der Waals surface area (Å²) < 4.78 is 6.33. The van der Waals surface area contributed by atoms with Crippen LogP contribution < -0.4 is 5.73 Å². The van der Waals surface area contributed by atoms with Gasteiger partial charge >= 0.3 is 0 Å². The molecule has 3 aromatic heterocycles. The molecule has 3 aromatic rings. The van der Waals surface area contributed by atoms with Crippen molar-refractivity contribution in [3.05, 3.63) is 29.6 Å². The van der Waals surface area contributed by atoms with Crippen molar-refractivity contribution < 1.29 is 4.52 Å². The van der Waals surface area contributed by atoms with E-state index in [-0.39, 0.29) is 6.04 Å². The highest BCUT2D eigenvalue weighted by Crippen LogP contribution is 2.25. The van der Waals surface area contributed by atoms with Crippen LogP contribution in [0.15, 0.2) is 28.2 Å². The molecule has 0 fully saturated rings. The molecule has 0 saturated carbocycles. The topological polar surface area (TPSA) is 77.8 Å². The standard InChI is InChI=1S/C13H14N4OS/c1-2-3-9(14)13-16-12(17-18-13)8-6-11-10(15-7-8)4-5-19-11/h4-7,9H,2-3,14H2,1H3. The van der Waals surface area contributed by atoms with E-state index in [2.05, 4.69) is 22.0 Å². The van der Waals surface area contributed by atoms with Crippen LogP contribution in [-0.2, 0) is 0 Å². The SMILES string of the molecule is CCCC(N)c1nc(-c2cnc3ccsc3c2)no1. The molecule has 0 aliphatic rings. The van der Waals surface area contributed by atoms with Gasteiger partial charge in [-0.05, 0) is 23.9 Å². The number of nitrogens with two attached hydrogens (primary N) is 1. The van der Waals surface area contributed by atoms with Crippen molar-refractivity contribution in [1.29, 1.82) is 0 Å². The molecule has 0 bridgehead atoms. The highest BCUT2D eigenvalue weighted by Gasteiger charge is 2.15. The maximum atomic E-state index is 5.96. The maximum Gasteiger partial charge on any atom is 0.243 e. The first kappa shape index (κ1) is 12.3. The van der Waals surface area contributed by atoms with Crippen LogP contribution in [0.25, 0.3) is 21.6 Å². The van der Waals surface area contributed by atoms with Crippen LogP contribution in [0.1, 0.15) is 31.7 Å². The molecular weight excluding hydrogens is 260 g/mol. The van der Waals surface area contributed by atoms with Crippen LogP contribution in [-0.4, -0.2) is 15.1 Å². The maximum absolute atomic E-state index is 5.96. The molecular formula is C13H14N4OS. The Kier molecular flexibility index (Phi) is 3.27.